The second-order valence-electron chi connectivity index (χ2n) is 5.39. The third-order valence-electron chi connectivity index (χ3n) is 3.93. The van der Waals surface area contributed by atoms with Crippen molar-refractivity contribution in [3.8, 4) is 0 Å². The largest absolute Gasteiger partial charge is 0.481 e. The third-order valence-corrected chi connectivity index (χ3v) is 3.93. The predicted octanol–water partition coefficient (Wildman–Crippen LogP) is 1.17. The molecule has 2 aliphatic rings. The highest BCUT2D eigenvalue weighted by atomic mass is 16.5. The fraction of sp³-hybridized carbons (Fsp3) is 0.833. The van der Waals surface area contributed by atoms with E-state index in [1.807, 2.05) is 4.68 Å². The van der Waals surface area contributed by atoms with Gasteiger partial charge in [-0.25, -0.2) is 4.68 Å². The minimum atomic E-state index is -0.684. The summed E-state index contributed by atoms with van der Waals surface area (Å²) in [5.41, 5.74) is 0. The Morgan fingerprint density at radius 1 is 1.26 bits per heavy atom. The van der Waals surface area contributed by atoms with Crippen molar-refractivity contribution in [1.29, 1.82) is 0 Å². The Kier molecular flexibility index (Phi) is 3.46. The highest BCUT2D eigenvalue weighted by Crippen LogP contribution is 2.34. The van der Waals surface area contributed by atoms with E-state index in [1.54, 1.807) is 0 Å². The van der Waals surface area contributed by atoms with Gasteiger partial charge >= 0.3 is 5.97 Å². The van der Waals surface area contributed by atoms with Gasteiger partial charge in [0.15, 0.2) is 5.82 Å². The molecule has 0 aromatic carbocycles. The van der Waals surface area contributed by atoms with Crippen molar-refractivity contribution >= 4 is 5.97 Å². The summed E-state index contributed by atoms with van der Waals surface area (Å²) < 4.78 is 7.67. The number of aliphatic carboxylic acids is 1. The summed E-state index contributed by atoms with van der Waals surface area (Å²) in [6.07, 6.45) is 5.44. The molecule has 2 saturated carbocycles. The summed E-state index contributed by atoms with van der Waals surface area (Å²) in [5, 5.41) is 20.6. The van der Waals surface area contributed by atoms with Gasteiger partial charge in [-0.2, -0.15) is 0 Å². The Morgan fingerprint density at radius 2 is 2.00 bits per heavy atom. The summed E-state index contributed by atoms with van der Waals surface area (Å²) >= 11 is 0. The number of tetrazole rings is 1. The van der Waals surface area contributed by atoms with E-state index in [0.29, 0.717) is 25.5 Å². The Labute approximate surface area is 110 Å². The Hall–Kier alpha value is -1.50. The van der Waals surface area contributed by atoms with Gasteiger partial charge in [-0.3, -0.25) is 4.79 Å². The van der Waals surface area contributed by atoms with Gasteiger partial charge in [0.1, 0.15) is 6.61 Å². The van der Waals surface area contributed by atoms with Crippen LogP contribution >= 0.6 is 0 Å². The molecule has 0 saturated heterocycles. The maximum absolute atomic E-state index is 10.9. The summed E-state index contributed by atoms with van der Waals surface area (Å²) in [7, 11) is 0. The van der Waals surface area contributed by atoms with Gasteiger partial charge in [-0.15, -0.1) is 5.10 Å². The van der Waals surface area contributed by atoms with E-state index in [2.05, 4.69) is 15.5 Å². The minimum Gasteiger partial charge on any atom is -0.481 e. The topological polar surface area (TPSA) is 90.1 Å². The van der Waals surface area contributed by atoms with E-state index in [4.69, 9.17) is 9.84 Å². The predicted molar refractivity (Wildman–Crippen MR) is 64.3 cm³/mol. The molecular formula is C12H18N4O3. The lowest BCUT2D eigenvalue weighted by Gasteiger charge is -2.25. The normalized spacial score (nSPS) is 27.4. The first kappa shape index (κ1) is 12.5. The zero-order valence-electron chi connectivity index (χ0n) is 10.7. The number of rotatable bonds is 5. The Balaban J connectivity index is 1.48. The minimum absolute atomic E-state index is 0.139. The number of ether oxygens (including phenoxy) is 1. The van der Waals surface area contributed by atoms with Crippen molar-refractivity contribution in [2.75, 3.05) is 0 Å². The molecule has 19 heavy (non-hydrogen) atoms. The molecule has 0 atom stereocenters. The zero-order chi connectivity index (χ0) is 13.2. The highest BCUT2D eigenvalue weighted by Gasteiger charge is 2.29. The number of aromatic nitrogens is 4. The lowest BCUT2D eigenvalue weighted by atomic mass is 9.87. The van der Waals surface area contributed by atoms with Gasteiger partial charge in [-0.1, -0.05) is 0 Å². The molecule has 7 heteroatoms. The van der Waals surface area contributed by atoms with E-state index < -0.39 is 5.97 Å². The van der Waals surface area contributed by atoms with Crippen molar-refractivity contribution < 1.29 is 14.6 Å². The zero-order valence-corrected chi connectivity index (χ0v) is 10.7. The van der Waals surface area contributed by atoms with Crippen LogP contribution < -0.4 is 0 Å². The molecule has 1 N–H and O–H groups in total. The molecule has 7 nitrogen and oxygen atoms in total. The molecule has 2 fully saturated rings. The van der Waals surface area contributed by atoms with Crippen LogP contribution in [0.15, 0.2) is 0 Å². The van der Waals surface area contributed by atoms with Crippen LogP contribution in [-0.4, -0.2) is 37.4 Å². The van der Waals surface area contributed by atoms with Crippen molar-refractivity contribution in [3.05, 3.63) is 5.82 Å². The first-order valence-electron chi connectivity index (χ1n) is 6.85. The van der Waals surface area contributed by atoms with Crippen LogP contribution in [0.1, 0.15) is 50.4 Å². The molecule has 1 aromatic rings. The Bertz CT molecular complexity index is 450. The van der Waals surface area contributed by atoms with Gasteiger partial charge in [0.25, 0.3) is 0 Å². The van der Waals surface area contributed by atoms with Crippen molar-refractivity contribution in [3.63, 3.8) is 0 Å². The summed E-state index contributed by atoms with van der Waals surface area (Å²) in [6.45, 7) is 0.423. The van der Waals surface area contributed by atoms with Crippen molar-refractivity contribution in [2.45, 2.75) is 57.3 Å². The smallest absolute Gasteiger partial charge is 0.306 e. The molecule has 1 heterocycles. The van der Waals surface area contributed by atoms with Crippen LogP contribution in [0.3, 0.4) is 0 Å². The van der Waals surface area contributed by atoms with Crippen LogP contribution in [0.25, 0.3) is 0 Å². The lowest BCUT2D eigenvalue weighted by Crippen LogP contribution is -2.26. The summed E-state index contributed by atoms with van der Waals surface area (Å²) in [5.74, 6) is -0.101. The fourth-order valence-corrected chi connectivity index (χ4v) is 2.58. The quantitative estimate of drug-likeness (QED) is 0.860. The second-order valence-corrected chi connectivity index (χ2v) is 5.39. The molecule has 0 bridgehead atoms. The number of carboxylic acids is 1. The van der Waals surface area contributed by atoms with Crippen LogP contribution in [0.2, 0.25) is 0 Å². The Morgan fingerprint density at radius 3 is 2.63 bits per heavy atom. The molecule has 0 aliphatic heterocycles. The number of carbonyl (C=O) groups is 1. The van der Waals surface area contributed by atoms with Gasteiger partial charge in [0.2, 0.25) is 0 Å². The van der Waals surface area contributed by atoms with Gasteiger partial charge < -0.3 is 9.84 Å². The number of nitrogens with zero attached hydrogens (tertiary/aromatic N) is 4. The number of hydrogen-bond donors (Lipinski definition) is 1. The average Bonchev–Trinajstić information content (AvgIpc) is 3.16. The van der Waals surface area contributed by atoms with E-state index in [1.165, 1.54) is 0 Å². The van der Waals surface area contributed by atoms with Crippen LogP contribution in [-0.2, 0) is 16.1 Å². The summed E-state index contributed by atoms with van der Waals surface area (Å²) in [6, 6.07) is 0.455. The van der Waals surface area contributed by atoms with Gasteiger partial charge in [0.05, 0.1) is 18.1 Å². The molecule has 2 aliphatic carbocycles. The maximum atomic E-state index is 10.9. The van der Waals surface area contributed by atoms with E-state index in [0.717, 1.165) is 31.5 Å². The first-order valence-corrected chi connectivity index (χ1v) is 6.85. The van der Waals surface area contributed by atoms with Gasteiger partial charge in [-0.05, 0) is 49.0 Å². The molecule has 0 spiro atoms. The van der Waals surface area contributed by atoms with E-state index in [9.17, 15) is 4.79 Å². The maximum Gasteiger partial charge on any atom is 0.306 e. The molecule has 1 aromatic heterocycles. The summed E-state index contributed by atoms with van der Waals surface area (Å²) in [4.78, 5) is 10.9. The lowest BCUT2D eigenvalue weighted by molar-refractivity contribution is -0.143. The van der Waals surface area contributed by atoms with Gasteiger partial charge in [0, 0.05) is 0 Å². The highest BCUT2D eigenvalue weighted by molar-refractivity contribution is 5.70. The average molecular weight is 266 g/mol. The van der Waals surface area contributed by atoms with E-state index in [-0.39, 0.29) is 12.0 Å². The SMILES string of the molecule is O=C(O)C1CCC(OCc2nnnn2C2CC2)CC1. The van der Waals surface area contributed by atoms with Crippen LogP contribution in [0.5, 0.6) is 0 Å². The monoisotopic (exact) mass is 266 g/mol. The standard InChI is InChI=1S/C12H18N4O3/c17-12(18)8-1-5-10(6-2-8)19-7-11-13-14-15-16(11)9-3-4-9/h8-10H,1-7H2,(H,17,18). The number of hydrogen-bond acceptors (Lipinski definition) is 5. The molecule has 104 valence electrons. The second kappa shape index (κ2) is 5.24. The first-order chi connectivity index (χ1) is 9.24. The fourth-order valence-electron chi connectivity index (χ4n) is 2.58. The molecular weight excluding hydrogens is 248 g/mol. The van der Waals surface area contributed by atoms with Crippen LogP contribution in [0, 0.1) is 5.92 Å². The molecule has 0 amide bonds. The van der Waals surface area contributed by atoms with E-state index >= 15 is 0 Å². The molecule has 0 unspecified atom stereocenters. The molecule has 3 rings (SSSR count). The number of carboxylic acid groups (broad SMARTS) is 1. The van der Waals surface area contributed by atoms with Crippen LogP contribution in [0.4, 0.5) is 0 Å². The van der Waals surface area contributed by atoms with Crippen molar-refractivity contribution in [1.82, 2.24) is 20.2 Å². The molecule has 0 radical (unpaired) electrons. The third kappa shape index (κ3) is 2.91. The van der Waals surface area contributed by atoms with Crippen molar-refractivity contribution in [2.24, 2.45) is 5.92 Å².